The lowest BCUT2D eigenvalue weighted by atomic mass is 9.96. The molecule has 9 nitrogen and oxygen atoms in total. The first kappa shape index (κ1) is 16.2. The molecule has 0 radical (unpaired) electrons. The van der Waals surface area contributed by atoms with E-state index in [1.54, 1.807) is 36.5 Å². The lowest BCUT2D eigenvalue weighted by Gasteiger charge is -2.18. The first-order valence-corrected chi connectivity index (χ1v) is 8.50. The standard InChI is InChI=1S/C19H13N5O4/c25-10-3-1-9(2-4-10)17-11-7-21-18-14(11)15(12(8-22-27)23-24-18)16-13(28-17)5-6-20-19(16)26/h1-7,17,25H,8H2,(H,20,26)(H,21,24). The zero-order valence-electron chi connectivity index (χ0n) is 14.3. The SMILES string of the molecule is O=NCc1nnc2[nH]cc3c2c1-c1c(cc[nH]c1=O)OC3c1ccc(O)cc1. The fourth-order valence-electron chi connectivity index (χ4n) is 3.60. The van der Waals surface area contributed by atoms with Gasteiger partial charge in [0.2, 0.25) is 0 Å². The predicted octanol–water partition coefficient (Wildman–Crippen LogP) is 2.77. The van der Waals surface area contributed by atoms with Crippen LogP contribution in [0, 0.1) is 4.91 Å². The number of pyridine rings is 1. The van der Waals surface area contributed by atoms with Gasteiger partial charge >= 0.3 is 0 Å². The van der Waals surface area contributed by atoms with Gasteiger partial charge in [-0.15, -0.1) is 5.10 Å². The topological polar surface area (TPSA) is 133 Å². The second-order valence-electron chi connectivity index (χ2n) is 6.41. The number of aromatic nitrogens is 4. The minimum atomic E-state index is -0.558. The number of hydrogen-bond acceptors (Lipinski definition) is 7. The van der Waals surface area contributed by atoms with Gasteiger partial charge in [0.15, 0.2) is 11.8 Å². The number of aromatic hydroxyl groups is 1. The van der Waals surface area contributed by atoms with Crippen molar-refractivity contribution in [1.82, 2.24) is 20.2 Å². The van der Waals surface area contributed by atoms with Crippen LogP contribution in [0.5, 0.6) is 11.5 Å². The lowest BCUT2D eigenvalue weighted by Crippen LogP contribution is -2.13. The number of nitrogens with one attached hydrogen (secondary N) is 2. The van der Waals surface area contributed by atoms with E-state index >= 15 is 0 Å². The summed E-state index contributed by atoms with van der Waals surface area (Å²) in [5.41, 5.74) is 2.71. The van der Waals surface area contributed by atoms with E-state index in [1.807, 2.05) is 0 Å². The van der Waals surface area contributed by atoms with Crippen molar-refractivity contribution in [1.29, 1.82) is 0 Å². The van der Waals surface area contributed by atoms with Gasteiger partial charge in [0.1, 0.15) is 18.0 Å². The molecule has 3 N–H and O–H groups in total. The number of nitroso groups, excluding NO2 is 1. The molecule has 4 aromatic rings. The van der Waals surface area contributed by atoms with Crippen molar-refractivity contribution in [3.05, 3.63) is 74.8 Å². The molecule has 9 heteroatoms. The van der Waals surface area contributed by atoms with Crippen molar-refractivity contribution in [3.63, 3.8) is 0 Å². The Morgan fingerprint density at radius 2 is 1.93 bits per heavy atom. The number of fused-ring (bicyclic) bond motifs is 2. The van der Waals surface area contributed by atoms with Crippen LogP contribution in [-0.2, 0) is 6.54 Å². The smallest absolute Gasteiger partial charge is 0.259 e. The third kappa shape index (κ3) is 2.29. The van der Waals surface area contributed by atoms with Crippen molar-refractivity contribution in [2.24, 2.45) is 5.18 Å². The number of benzene rings is 1. The Hall–Kier alpha value is -4.01. The summed E-state index contributed by atoms with van der Waals surface area (Å²) in [7, 11) is 0. The van der Waals surface area contributed by atoms with Crippen molar-refractivity contribution in [2.45, 2.75) is 12.6 Å². The highest BCUT2D eigenvalue weighted by atomic mass is 16.5. The molecule has 1 unspecified atom stereocenters. The molecule has 0 fully saturated rings. The number of ether oxygens (including phenoxy) is 1. The van der Waals surface area contributed by atoms with Crippen LogP contribution in [-0.4, -0.2) is 25.3 Å². The predicted molar refractivity (Wildman–Crippen MR) is 100 cm³/mol. The van der Waals surface area contributed by atoms with E-state index in [0.717, 1.165) is 11.1 Å². The summed E-state index contributed by atoms with van der Waals surface area (Å²) < 4.78 is 6.24. The number of H-pyrrole nitrogens is 2. The average molecular weight is 375 g/mol. The first-order chi connectivity index (χ1) is 13.7. The normalized spacial score (nSPS) is 14.9. The monoisotopic (exact) mass is 375 g/mol. The van der Waals surface area contributed by atoms with Crippen LogP contribution in [0.15, 0.2) is 52.7 Å². The summed E-state index contributed by atoms with van der Waals surface area (Å²) in [6.45, 7) is -0.222. The molecule has 4 heterocycles. The Kier molecular flexibility index (Phi) is 3.48. The highest BCUT2D eigenvalue weighted by molar-refractivity contribution is 5.99. The molecular formula is C19H13N5O4. The number of phenolic OH excluding ortho intramolecular Hbond substituents is 1. The molecule has 0 saturated carbocycles. The van der Waals surface area contributed by atoms with Crippen LogP contribution in [0.3, 0.4) is 0 Å². The van der Waals surface area contributed by atoms with Gasteiger partial charge in [-0.2, -0.15) is 10.0 Å². The first-order valence-electron chi connectivity index (χ1n) is 8.50. The molecule has 1 aliphatic heterocycles. The van der Waals surface area contributed by atoms with Gasteiger partial charge in [-0.1, -0.05) is 17.3 Å². The average Bonchev–Trinajstić information content (AvgIpc) is 3.05. The quantitative estimate of drug-likeness (QED) is 0.472. The van der Waals surface area contributed by atoms with Gasteiger partial charge in [0, 0.05) is 28.9 Å². The fourth-order valence-corrected chi connectivity index (χ4v) is 3.60. The highest BCUT2D eigenvalue weighted by Gasteiger charge is 2.31. The molecular weight excluding hydrogens is 362 g/mol. The van der Waals surface area contributed by atoms with E-state index in [2.05, 4.69) is 25.3 Å². The highest BCUT2D eigenvalue weighted by Crippen LogP contribution is 2.44. The molecule has 5 rings (SSSR count). The number of nitrogens with zero attached hydrogens (tertiary/aromatic N) is 3. The molecule has 1 atom stereocenters. The second-order valence-corrected chi connectivity index (χ2v) is 6.41. The molecule has 0 saturated heterocycles. The van der Waals surface area contributed by atoms with Gasteiger partial charge < -0.3 is 19.8 Å². The van der Waals surface area contributed by atoms with E-state index in [-0.39, 0.29) is 23.4 Å². The Bertz CT molecular complexity index is 1280. The molecule has 0 amide bonds. The minimum Gasteiger partial charge on any atom is -0.508 e. The van der Waals surface area contributed by atoms with Crippen LogP contribution >= 0.6 is 0 Å². The third-order valence-electron chi connectivity index (χ3n) is 4.81. The van der Waals surface area contributed by atoms with Crippen molar-refractivity contribution in [3.8, 4) is 22.6 Å². The number of hydrogen-bond donors (Lipinski definition) is 3. The van der Waals surface area contributed by atoms with Gasteiger partial charge in [0.25, 0.3) is 5.56 Å². The maximum Gasteiger partial charge on any atom is 0.259 e. The molecule has 0 spiro atoms. The van der Waals surface area contributed by atoms with Crippen LogP contribution in [0.1, 0.15) is 22.9 Å². The van der Waals surface area contributed by atoms with E-state index in [9.17, 15) is 14.8 Å². The Morgan fingerprint density at radius 1 is 1.11 bits per heavy atom. The van der Waals surface area contributed by atoms with Crippen molar-refractivity contribution < 1.29 is 9.84 Å². The zero-order valence-corrected chi connectivity index (χ0v) is 14.3. The number of phenols is 1. The van der Waals surface area contributed by atoms with E-state index in [1.165, 1.54) is 6.20 Å². The van der Waals surface area contributed by atoms with Gasteiger partial charge in [0.05, 0.1) is 11.3 Å². The molecule has 3 aromatic heterocycles. The molecule has 0 aliphatic carbocycles. The summed E-state index contributed by atoms with van der Waals surface area (Å²) in [6.07, 6.45) is 2.69. The third-order valence-corrected chi connectivity index (χ3v) is 4.81. The summed E-state index contributed by atoms with van der Waals surface area (Å²) in [5.74, 6) is 0.499. The summed E-state index contributed by atoms with van der Waals surface area (Å²) in [5, 5.41) is 21.4. The van der Waals surface area contributed by atoms with Crippen LogP contribution < -0.4 is 10.3 Å². The fraction of sp³-hybridized carbons (Fsp3) is 0.105. The Balaban J connectivity index is 1.89. The molecule has 138 valence electrons. The Morgan fingerprint density at radius 3 is 2.71 bits per heavy atom. The van der Waals surface area contributed by atoms with Crippen molar-refractivity contribution >= 4 is 11.0 Å². The molecule has 1 aliphatic rings. The van der Waals surface area contributed by atoms with Gasteiger partial charge in [-0.05, 0) is 23.8 Å². The number of aromatic amines is 2. The maximum atomic E-state index is 12.7. The molecule has 28 heavy (non-hydrogen) atoms. The second kappa shape index (κ2) is 6.02. The summed E-state index contributed by atoms with van der Waals surface area (Å²) in [6, 6.07) is 8.29. The molecule has 1 aromatic carbocycles. The van der Waals surface area contributed by atoms with Crippen LogP contribution in [0.25, 0.3) is 22.2 Å². The number of rotatable bonds is 3. The van der Waals surface area contributed by atoms with Gasteiger partial charge in [-0.25, -0.2) is 0 Å². The van der Waals surface area contributed by atoms with Crippen LogP contribution in [0.2, 0.25) is 0 Å². The Labute approximate surface area is 157 Å². The van der Waals surface area contributed by atoms with E-state index in [4.69, 9.17) is 4.74 Å². The largest absolute Gasteiger partial charge is 0.508 e. The zero-order chi connectivity index (χ0) is 19.3. The molecule has 0 bridgehead atoms. The maximum absolute atomic E-state index is 12.7. The lowest BCUT2D eigenvalue weighted by molar-refractivity contribution is 0.250. The van der Waals surface area contributed by atoms with E-state index < -0.39 is 6.10 Å². The van der Waals surface area contributed by atoms with Crippen molar-refractivity contribution in [2.75, 3.05) is 0 Å². The van der Waals surface area contributed by atoms with Crippen LogP contribution in [0.4, 0.5) is 0 Å². The summed E-state index contributed by atoms with van der Waals surface area (Å²) in [4.78, 5) is 29.4. The summed E-state index contributed by atoms with van der Waals surface area (Å²) >= 11 is 0. The van der Waals surface area contributed by atoms with Gasteiger partial charge in [-0.3, -0.25) is 4.79 Å². The van der Waals surface area contributed by atoms with E-state index in [0.29, 0.717) is 28.0 Å². The minimum absolute atomic E-state index is 0.138.